The predicted octanol–water partition coefficient (Wildman–Crippen LogP) is 41.5. The van der Waals surface area contributed by atoms with E-state index in [1.165, 1.54) is 85.5 Å². The minimum absolute atomic E-state index is 0. The van der Waals surface area contributed by atoms with Gasteiger partial charge in [0.1, 0.15) is 0 Å². The van der Waals surface area contributed by atoms with Gasteiger partial charge in [-0.15, -0.1) is 11.3 Å². The Morgan fingerprint density at radius 1 is 0.168 bits per heavy atom. The molecule has 24 rings (SSSR count). The summed E-state index contributed by atoms with van der Waals surface area (Å²) in [5, 5.41) is 12.3. The Kier molecular flexibility index (Phi) is 29.3. The molecule has 0 bridgehead atoms. The third-order valence-electron chi connectivity index (χ3n) is 25.4. The van der Waals surface area contributed by atoms with Crippen LogP contribution in [0.25, 0.3) is 96.8 Å². The SMILES string of the molecule is Brc1cc(N(c2ccccc2)c2ccc(-c3cccc4ccccc34)cc2)cc(N(c2ccccc2)c2ccc(-c3cccc4ccccc34)nc2)c1.Brc1cc(N(c2ccccc2)c2ccc(-c3ccccc3)cc2)cc(N(c2ccccc2)c2ccc3sc4ccccc4c3c2)c1.Brc1cc(N(c2ccccc2)c2ccccc2)cc(N(c2ccc3ccccc3c2)c2cccc3ccccc23)c1.C.C.C. The van der Waals surface area contributed by atoms with Crippen LogP contribution >= 0.6 is 59.1 Å². The molecule has 7 nitrogen and oxygen atoms in total. The number of rotatable bonds is 21. The van der Waals surface area contributed by atoms with E-state index in [1.54, 1.807) is 0 Å². The van der Waals surface area contributed by atoms with Crippen LogP contribution in [0.3, 0.4) is 0 Å². The Morgan fingerprint density at radius 2 is 0.469 bits per heavy atom. The van der Waals surface area contributed by atoms with Crippen molar-refractivity contribution in [2.45, 2.75) is 22.3 Å². The average Bonchev–Trinajstić information content (AvgIpc) is 1.64. The molecule has 2 heterocycles. The smallest absolute Gasteiger partial charge is 0.0709 e. The molecule has 22 aromatic carbocycles. The molecule has 2 aromatic heterocycles. The first-order chi connectivity index (χ1) is 69.1. The monoisotopic (exact) mass is 2050 g/mol. The van der Waals surface area contributed by atoms with E-state index in [0.717, 1.165) is 127 Å². The first-order valence-corrected chi connectivity index (χ1v) is 49.9. The van der Waals surface area contributed by atoms with Crippen molar-refractivity contribution in [3.63, 3.8) is 0 Å². The van der Waals surface area contributed by atoms with E-state index in [9.17, 15) is 0 Å². The molecule has 0 aliphatic rings. The third-order valence-corrected chi connectivity index (χ3v) is 27.9. The molecule has 0 aliphatic heterocycles. The van der Waals surface area contributed by atoms with Gasteiger partial charge in [-0.1, -0.05) is 404 Å². The highest BCUT2D eigenvalue weighted by Crippen LogP contribution is 2.50. The number of nitrogens with zero attached hydrogens (tertiary/aromatic N) is 7. The number of aromatic nitrogens is 1. The van der Waals surface area contributed by atoms with Gasteiger partial charge in [0.25, 0.3) is 0 Å². The predicted molar refractivity (Wildman–Crippen MR) is 628 cm³/mol. The van der Waals surface area contributed by atoms with Gasteiger partial charge < -0.3 is 29.4 Å². The van der Waals surface area contributed by atoms with Gasteiger partial charge in [0, 0.05) is 136 Å². The largest absolute Gasteiger partial charge is 0.310 e. The highest BCUT2D eigenvalue weighted by Gasteiger charge is 2.26. The second-order valence-corrected chi connectivity index (χ2v) is 38.1. The molecule has 11 heteroatoms. The number of halogens is 3. The third kappa shape index (κ3) is 20.6. The van der Waals surface area contributed by atoms with Crippen molar-refractivity contribution in [3.8, 4) is 33.5 Å². The maximum absolute atomic E-state index is 5.03. The molecule has 0 amide bonds. The van der Waals surface area contributed by atoms with Gasteiger partial charge in [0.15, 0.2) is 0 Å². The Bertz CT molecular complexity index is 8240. The molecule has 0 spiro atoms. The number of anilines is 18. The summed E-state index contributed by atoms with van der Waals surface area (Å²) in [7, 11) is 0. The van der Waals surface area contributed by atoms with Crippen molar-refractivity contribution in [3.05, 3.63) is 560 Å². The summed E-state index contributed by atoms with van der Waals surface area (Å²) in [6, 6.07) is 192. The van der Waals surface area contributed by atoms with Gasteiger partial charge >= 0.3 is 0 Å². The van der Waals surface area contributed by atoms with E-state index in [0.29, 0.717) is 0 Å². The summed E-state index contributed by atoms with van der Waals surface area (Å²) in [6.07, 6.45) is 1.98. The molecule has 0 atom stereocenters. The van der Waals surface area contributed by atoms with Crippen molar-refractivity contribution in [1.29, 1.82) is 0 Å². The number of pyridine rings is 1. The lowest BCUT2D eigenvalue weighted by Crippen LogP contribution is -2.13. The number of para-hydroxylation sites is 6. The zero-order valence-electron chi connectivity index (χ0n) is 76.1. The Balaban J connectivity index is 0.000000136. The maximum atomic E-state index is 5.03. The molecule has 0 radical (unpaired) electrons. The first-order valence-electron chi connectivity index (χ1n) is 46.7. The molecular weight excluding hydrogens is 1960 g/mol. The zero-order chi connectivity index (χ0) is 94.0. The number of fused-ring (bicyclic) bond motifs is 7. The fourth-order valence-electron chi connectivity index (χ4n) is 19.0. The van der Waals surface area contributed by atoms with Crippen molar-refractivity contribution in [1.82, 2.24) is 4.98 Å². The summed E-state index contributed by atoms with van der Waals surface area (Å²) in [6.45, 7) is 0. The Hall–Kier alpha value is -16.5. The number of benzene rings is 22. The highest BCUT2D eigenvalue weighted by atomic mass is 79.9. The van der Waals surface area contributed by atoms with Crippen molar-refractivity contribution >= 4 is 225 Å². The number of hydrogen-bond acceptors (Lipinski definition) is 8. The van der Waals surface area contributed by atoms with Crippen LogP contribution in [0.1, 0.15) is 22.3 Å². The Labute approximate surface area is 867 Å². The van der Waals surface area contributed by atoms with E-state index in [2.05, 4.69) is 617 Å². The van der Waals surface area contributed by atoms with Gasteiger partial charge in [-0.2, -0.15) is 0 Å². The maximum Gasteiger partial charge on any atom is 0.0709 e. The zero-order valence-corrected chi connectivity index (χ0v) is 81.7. The highest BCUT2D eigenvalue weighted by molar-refractivity contribution is 9.11. The first kappa shape index (κ1) is 95.4. The molecule has 0 aliphatic carbocycles. The molecule has 0 fully saturated rings. The van der Waals surface area contributed by atoms with Crippen LogP contribution in [0, 0.1) is 0 Å². The number of thiophene rings is 1. The Morgan fingerprint density at radius 3 is 0.923 bits per heavy atom. The second-order valence-electron chi connectivity index (χ2n) is 34.3. The van der Waals surface area contributed by atoms with Crippen molar-refractivity contribution in [2.75, 3.05) is 29.4 Å². The van der Waals surface area contributed by atoms with Crippen LogP contribution in [0.4, 0.5) is 102 Å². The topological polar surface area (TPSA) is 32.3 Å². The van der Waals surface area contributed by atoms with Crippen LogP contribution in [0.5, 0.6) is 0 Å². The van der Waals surface area contributed by atoms with Gasteiger partial charge in [-0.3, -0.25) is 4.98 Å². The van der Waals surface area contributed by atoms with Crippen LogP contribution < -0.4 is 29.4 Å². The normalized spacial score (nSPS) is 10.9. The molecule has 0 saturated carbocycles. The minimum Gasteiger partial charge on any atom is -0.310 e. The molecule has 692 valence electrons. The van der Waals surface area contributed by atoms with E-state index >= 15 is 0 Å². The van der Waals surface area contributed by atoms with Crippen molar-refractivity contribution in [2.24, 2.45) is 0 Å². The number of hydrogen-bond donors (Lipinski definition) is 0. The lowest BCUT2D eigenvalue weighted by molar-refractivity contribution is 1.22. The lowest BCUT2D eigenvalue weighted by Gasteiger charge is -2.30. The van der Waals surface area contributed by atoms with Gasteiger partial charge in [-0.05, 0) is 266 Å². The molecule has 24 aromatic rings. The lowest BCUT2D eigenvalue weighted by atomic mass is 9.98. The second kappa shape index (κ2) is 43.9. The minimum atomic E-state index is 0. The summed E-state index contributed by atoms with van der Waals surface area (Å²) in [4.78, 5) is 19.0. The van der Waals surface area contributed by atoms with Crippen LogP contribution in [0.2, 0.25) is 0 Å². The van der Waals surface area contributed by atoms with E-state index in [4.69, 9.17) is 4.98 Å². The summed E-state index contributed by atoms with van der Waals surface area (Å²) in [5.41, 5.74) is 26.2. The van der Waals surface area contributed by atoms with Crippen LogP contribution in [0.15, 0.2) is 560 Å². The average molecular weight is 2060 g/mol. The van der Waals surface area contributed by atoms with Crippen LogP contribution in [-0.4, -0.2) is 4.98 Å². The van der Waals surface area contributed by atoms with E-state index < -0.39 is 0 Å². The van der Waals surface area contributed by atoms with Gasteiger partial charge in [0.2, 0.25) is 0 Å². The quantitative estimate of drug-likeness (QED) is 0.0709. The van der Waals surface area contributed by atoms with E-state index in [-0.39, 0.29) is 22.3 Å². The standard InChI is InChI=1S/C49H34BrN3.C42H29BrN2S.C38H27BrN2.3CH4/c50-38-31-43(52(39-17-3-1-4-18-39)41-27-25-37(26-28-41)46-23-11-15-35-13-7-9-21-45(35)46)33-44(32-38)53(40-19-5-2-6-20-40)42-29-30-49(51-34-42)48-24-12-16-36-14-8-10-22-47(36)48;43-32-26-37(44(33-14-6-2-7-15-33)35-22-20-31(21-23-35)30-12-4-1-5-13-30)28-38(27-32)45(34-16-8-3-9-17-34)36-24-25-42-40(29-36)39-18-10-11-19-41(39)46-42;39-31-25-35(40(32-16-3-1-4-17-32)33-18-5-2-6-19-33)27-36(26-31)41(34-23-22-28-12-7-8-14-30(28)24-34)38-21-11-15-29-13-9-10-20-37(29)38;;;/h1-34H;1-29H;1-27H;3*1H4. The fourth-order valence-corrected chi connectivity index (χ4v) is 21.5. The molecular formula is C132H102Br3N7S. The van der Waals surface area contributed by atoms with Crippen LogP contribution in [-0.2, 0) is 0 Å². The fraction of sp³-hybridized carbons (Fsp3) is 0.0227. The van der Waals surface area contributed by atoms with Gasteiger partial charge in [0.05, 0.1) is 23.3 Å². The summed E-state index contributed by atoms with van der Waals surface area (Å²) < 4.78 is 5.59. The summed E-state index contributed by atoms with van der Waals surface area (Å²) >= 11 is 13.5. The van der Waals surface area contributed by atoms with Gasteiger partial charge in [-0.25, -0.2) is 0 Å². The molecule has 143 heavy (non-hydrogen) atoms. The molecule has 0 N–H and O–H groups in total. The van der Waals surface area contributed by atoms with E-state index in [1.807, 2.05) is 17.5 Å². The molecule has 0 unspecified atom stereocenters. The molecule has 0 saturated heterocycles. The summed E-state index contributed by atoms with van der Waals surface area (Å²) in [5.74, 6) is 0. The van der Waals surface area contributed by atoms with Crippen molar-refractivity contribution < 1.29 is 0 Å².